The number of ether oxygens (including phenoxy) is 1. The molecule has 2 N–H and O–H groups in total. The van der Waals surface area contributed by atoms with E-state index in [1.54, 1.807) is 0 Å². The van der Waals surface area contributed by atoms with Gasteiger partial charge in [0, 0.05) is 29.4 Å². The van der Waals surface area contributed by atoms with Crippen LogP contribution >= 0.6 is 0 Å². The number of pyridine rings is 1. The number of anilines is 1. The van der Waals surface area contributed by atoms with Crippen LogP contribution in [0.25, 0.3) is 10.9 Å². The summed E-state index contributed by atoms with van der Waals surface area (Å²) in [6.45, 7) is 6.91. The first kappa shape index (κ1) is 18.5. The molecule has 1 aromatic carbocycles. The highest BCUT2D eigenvalue weighted by Gasteiger charge is 2.33. The molecule has 0 amide bonds. The largest absolute Gasteiger partial charge is 0.491 e. The van der Waals surface area contributed by atoms with E-state index in [4.69, 9.17) is 9.84 Å². The van der Waals surface area contributed by atoms with Crippen LogP contribution in [0.5, 0.6) is 5.75 Å². The maximum Gasteiger partial charge on any atom is 0.317 e. The van der Waals surface area contributed by atoms with E-state index in [9.17, 15) is 4.79 Å². The van der Waals surface area contributed by atoms with Gasteiger partial charge in [-0.3, -0.25) is 14.7 Å². The molecule has 1 saturated carbocycles. The van der Waals surface area contributed by atoms with E-state index in [0.717, 1.165) is 41.7 Å². The van der Waals surface area contributed by atoms with E-state index in [2.05, 4.69) is 10.3 Å². The summed E-state index contributed by atoms with van der Waals surface area (Å²) in [5.41, 5.74) is 1.98. The molecule has 140 valence electrons. The second-order valence-electron chi connectivity index (χ2n) is 7.13. The molecule has 0 spiro atoms. The van der Waals surface area contributed by atoms with Crippen LogP contribution in [0.3, 0.4) is 0 Å². The third kappa shape index (κ3) is 4.25. The normalized spacial score (nSPS) is 19.6. The fourth-order valence-electron chi connectivity index (χ4n) is 3.49. The Morgan fingerprint density at radius 1 is 1.38 bits per heavy atom. The minimum Gasteiger partial charge on any atom is -0.491 e. The van der Waals surface area contributed by atoms with Crippen molar-refractivity contribution in [3.05, 3.63) is 30.5 Å². The number of nitrogens with one attached hydrogen (secondary N) is 1. The smallest absolute Gasteiger partial charge is 0.317 e. The third-order valence-corrected chi connectivity index (χ3v) is 4.82. The molecule has 0 radical (unpaired) electrons. The standard InChI is InChI=1S/C20H27N3O3/c1-4-23(12-20(24)25)15-9-14(10-15)22-19-7-8-21-18-6-5-16(11-17(18)19)26-13(2)3/h5-8,11,13-15H,4,9-10,12H2,1-3H3,(H,21,22)(H,24,25). The zero-order valence-corrected chi connectivity index (χ0v) is 15.6. The van der Waals surface area contributed by atoms with Crippen molar-refractivity contribution in [2.75, 3.05) is 18.4 Å². The molecule has 0 atom stereocenters. The summed E-state index contributed by atoms with van der Waals surface area (Å²) < 4.78 is 5.80. The van der Waals surface area contributed by atoms with Crippen LogP contribution in [0, 0.1) is 0 Å². The second kappa shape index (κ2) is 7.91. The number of hydrogen-bond donors (Lipinski definition) is 2. The van der Waals surface area contributed by atoms with Crippen molar-refractivity contribution >= 4 is 22.6 Å². The summed E-state index contributed by atoms with van der Waals surface area (Å²) in [6.07, 6.45) is 3.84. The predicted octanol–water partition coefficient (Wildman–Crippen LogP) is 3.37. The molecule has 1 aliphatic carbocycles. The Bertz CT molecular complexity index is 772. The van der Waals surface area contributed by atoms with Gasteiger partial charge in [0.25, 0.3) is 0 Å². The van der Waals surface area contributed by atoms with Gasteiger partial charge in [-0.25, -0.2) is 0 Å². The van der Waals surface area contributed by atoms with Crippen molar-refractivity contribution in [2.24, 2.45) is 0 Å². The molecule has 1 heterocycles. The molecule has 6 heteroatoms. The number of rotatable bonds is 8. The van der Waals surface area contributed by atoms with Crippen molar-refractivity contribution < 1.29 is 14.6 Å². The highest BCUT2D eigenvalue weighted by atomic mass is 16.5. The number of hydrogen-bond acceptors (Lipinski definition) is 5. The molecule has 26 heavy (non-hydrogen) atoms. The van der Waals surface area contributed by atoms with Gasteiger partial charge in [0.05, 0.1) is 18.2 Å². The number of likely N-dealkylation sites (N-methyl/N-ethyl adjacent to an activating group) is 1. The number of carboxylic acid groups (broad SMARTS) is 1. The Labute approximate surface area is 154 Å². The maximum atomic E-state index is 11.0. The highest BCUT2D eigenvalue weighted by Crippen LogP contribution is 2.32. The van der Waals surface area contributed by atoms with E-state index >= 15 is 0 Å². The summed E-state index contributed by atoms with van der Waals surface area (Å²) in [7, 11) is 0. The van der Waals surface area contributed by atoms with Gasteiger partial charge in [0.2, 0.25) is 0 Å². The minimum atomic E-state index is -0.763. The average molecular weight is 357 g/mol. The Morgan fingerprint density at radius 2 is 2.15 bits per heavy atom. The molecule has 1 fully saturated rings. The van der Waals surface area contributed by atoms with Crippen LogP contribution < -0.4 is 10.1 Å². The Kier molecular flexibility index (Phi) is 5.61. The molecule has 0 bridgehead atoms. The van der Waals surface area contributed by atoms with E-state index in [1.165, 1.54) is 0 Å². The van der Waals surface area contributed by atoms with Crippen LogP contribution in [0.2, 0.25) is 0 Å². The molecule has 1 aromatic heterocycles. The number of carbonyl (C=O) groups is 1. The number of carboxylic acids is 1. The van der Waals surface area contributed by atoms with Crippen LogP contribution in [-0.2, 0) is 4.79 Å². The lowest BCUT2D eigenvalue weighted by Crippen LogP contribution is -2.51. The van der Waals surface area contributed by atoms with Gasteiger partial charge >= 0.3 is 5.97 Å². The zero-order valence-electron chi connectivity index (χ0n) is 15.6. The van der Waals surface area contributed by atoms with Crippen molar-refractivity contribution in [3.8, 4) is 5.75 Å². The summed E-state index contributed by atoms with van der Waals surface area (Å²) in [4.78, 5) is 17.4. The van der Waals surface area contributed by atoms with Gasteiger partial charge in [-0.15, -0.1) is 0 Å². The number of fused-ring (bicyclic) bond motifs is 1. The monoisotopic (exact) mass is 357 g/mol. The van der Waals surface area contributed by atoms with Crippen molar-refractivity contribution in [3.63, 3.8) is 0 Å². The van der Waals surface area contributed by atoms with Crippen LogP contribution in [-0.4, -0.2) is 52.2 Å². The zero-order chi connectivity index (χ0) is 18.7. The summed E-state index contributed by atoms with van der Waals surface area (Å²) in [5, 5.41) is 13.7. The Hall–Kier alpha value is -2.34. The van der Waals surface area contributed by atoms with E-state index in [1.807, 2.05) is 56.1 Å². The van der Waals surface area contributed by atoms with E-state index < -0.39 is 5.97 Å². The molecule has 2 aromatic rings. The molecule has 3 rings (SSSR count). The quantitative estimate of drug-likeness (QED) is 0.754. The molecule has 0 unspecified atom stereocenters. The minimum absolute atomic E-state index is 0.113. The lowest BCUT2D eigenvalue weighted by atomic mass is 9.85. The van der Waals surface area contributed by atoms with Gasteiger partial charge < -0.3 is 15.2 Å². The van der Waals surface area contributed by atoms with Gasteiger partial charge in [-0.05, 0) is 57.5 Å². The SMILES string of the molecule is CCN(CC(=O)O)C1CC(Nc2ccnc3ccc(OC(C)C)cc23)C1. The van der Waals surface area contributed by atoms with E-state index in [0.29, 0.717) is 12.1 Å². The fraction of sp³-hybridized carbons (Fsp3) is 0.500. The predicted molar refractivity (Wildman–Crippen MR) is 103 cm³/mol. The first-order valence-electron chi connectivity index (χ1n) is 9.24. The number of nitrogens with zero attached hydrogens (tertiary/aromatic N) is 2. The van der Waals surface area contributed by atoms with Crippen LogP contribution in [0.15, 0.2) is 30.5 Å². The van der Waals surface area contributed by atoms with Crippen LogP contribution in [0.1, 0.15) is 33.6 Å². The lowest BCUT2D eigenvalue weighted by Gasteiger charge is -2.42. The molecule has 1 aliphatic rings. The molecular formula is C20H27N3O3. The molecule has 6 nitrogen and oxygen atoms in total. The Balaban J connectivity index is 1.69. The van der Waals surface area contributed by atoms with Gasteiger partial charge in [0.1, 0.15) is 5.75 Å². The average Bonchev–Trinajstić information content (AvgIpc) is 2.55. The first-order chi connectivity index (χ1) is 12.5. The number of aromatic nitrogens is 1. The summed E-state index contributed by atoms with van der Waals surface area (Å²) in [6, 6.07) is 8.63. The lowest BCUT2D eigenvalue weighted by molar-refractivity contribution is -0.139. The Morgan fingerprint density at radius 3 is 2.81 bits per heavy atom. The molecule has 0 saturated heterocycles. The number of aliphatic carboxylic acids is 1. The van der Waals surface area contributed by atoms with Crippen molar-refractivity contribution in [1.29, 1.82) is 0 Å². The van der Waals surface area contributed by atoms with E-state index in [-0.39, 0.29) is 12.6 Å². The molecule has 0 aliphatic heterocycles. The number of benzene rings is 1. The van der Waals surface area contributed by atoms with Gasteiger partial charge in [0.15, 0.2) is 0 Å². The first-order valence-corrected chi connectivity index (χ1v) is 9.24. The third-order valence-electron chi connectivity index (χ3n) is 4.82. The topological polar surface area (TPSA) is 74.7 Å². The van der Waals surface area contributed by atoms with Crippen LogP contribution in [0.4, 0.5) is 5.69 Å². The fourth-order valence-corrected chi connectivity index (χ4v) is 3.49. The van der Waals surface area contributed by atoms with Gasteiger partial charge in [-0.1, -0.05) is 6.92 Å². The van der Waals surface area contributed by atoms with Crippen molar-refractivity contribution in [2.45, 2.75) is 51.8 Å². The van der Waals surface area contributed by atoms with Crippen molar-refractivity contribution in [1.82, 2.24) is 9.88 Å². The maximum absolute atomic E-state index is 11.0. The summed E-state index contributed by atoms with van der Waals surface area (Å²) in [5.74, 6) is 0.0784. The van der Waals surface area contributed by atoms with Gasteiger partial charge in [-0.2, -0.15) is 0 Å². The summed E-state index contributed by atoms with van der Waals surface area (Å²) >= 11 is 0. The second-order valence-corrected chi connectivity index (χ2v) is 7.13. The highest BCUT2D eigenvalue weighted by molar-refractivity contribution is 5.92. The molecular weight excluding hydrogens is 330 g/mol.